The molecule has 0 aliphatic carbocycles. The quantitative estimate of drug-likeness (QED) is 0.831. The number of rotatable bonds is 5. The maximum atomic E-state index is 4.59. The molecule has 0 bridgehead atoms. The van der Waals surface area contributed by atoms with Crippen molar-refractivity contribution < 1.29 is 0 Å². The maximum Gasteiger partial charge on any atom is 0.0762 e. The highest BCUT2D eigenvalue weighted by Gasteiger charge is 2.10. The molecular formula is C13H25N3. The van der Waals surface area contributed by atoms with Gasteiger partial charge in [0.05, 0.1) is 5.69 Å². The van der Waals surface area contributed by atoms with Crippen molar-refractivity contribution >= 4 is 0 Å². The Hall–Kier alpha value is -0.830. The molecule has 0 saturated carbocycles. The molecular weight excluding hydrogens is 198 g/mol. The molecule has 0 amide bonds. The van der Waals surface area contributed by atoms with E-state index in [-0.39, 0.29) is 5.54 Å². The molecule has 0 saturated heterocycles. The van der Waals surface area contributed by atoms with Gasteiger partial charge in [-0.15, -0.1) is 0 Å². The molecule has 1 N–H and O–H groups in total. The molecule has 0 aliphatic rings. The smallest absolute Gasteiger partial charge is 0.0762 e. The fraction of sp³-hybridized carbons (Fsp3) is 0.769. The average Bonchev–Trinajstić information content (AvgIpc) is 2.62. The molecule has 92 valence electrons. The minimum Gasteiger partial charge on any atom is -0.306 e. The molecule has 16 heavy (non-hydrogen) atoms. The van der Waals surface area contributed by atoms with Gasteiger partial charge in [-0.2, -0.15) is 5.10 Å². The van der Waals surface area contributed by atoms with Crippen LogP contribution in [0, 0.1) is 0 Å². The Balaban J connectivity index is 2.51. The van der Waals surface area contributed by atoms with E-state index in [2.05, 4.69) is 62.0 Å². The second-order valence-electron chi connectivity index (χ2n) is 5.53. The molecule has 1 unspecified atom stereocenters. The molecule has 0 aromatic carbocycles. The van der Waals surface area contributed by atoms with Gasteiger partial charge in [0.25, 0.3) is 0 Å². The summed E-state index contributed by atoms with van der Waals surface area (Å²) in [6, 6.07) is 2.61. The third kappa shape index (κ3) is 4.35. The summed E-state index contributed by atoms with van der Waals surface area (Å²) in [5.41, 5.74) is 1.27. The molecule has 1 atom stereocenters. The van der Waals surface area contributed by atoms with Crippen molar-refractivity contribution in [2.45, 2.75) is 65.6 Å². The van der Waals surface area contributed by atoms with Crippen LogP contribution >= 0.6 is 0 Å². The van der Waals surface area contributed by atoms with Gasteiger partial charge in [-0.05, 0) is 40.2 Å². The standard InChI is InChI=1S/C13H25N3/c1-6-7-11(2)16-9-8-12(15-16)10-14-13(3,4)5/h8-9,11,14H,6-7,10H2,1-5H3. The van der Waals surface area contributed by atoms with Crippen molar-refractivity contribution in [3.63, 3.8) is 0 Å². The van der Waals surface area contributed by atoms with E-state index < -0.39 is 0 Å². The van der Waals surface area contributed by atoms with Gasteiger partial charge in [-0.25, -0.2) is 0 Å². The lowest BCUT2D eigenvalue weighted by Crippen LogP contribution is -2.35. The van der Waals surface area contributed by atoms with Crippen molar-refractivity contribution in [3.8, 4) is 0 Å². The summed E-state index contributed by atoms with van der Waals surface area (Å²) in [6.45, 7) is 11.8. The molecule has 3 heteroatoms. The summed E-state index contributed by atoms with van der Waals surface area (Å²) in [6.07, 6.45) is 4.48. The third-order valence-corrected chi connectivity index (χ3v) is 2.62. The first kappa shape index (κ1) is 13.2. The largest absolute Gasteiger partial charge is 0.306 e. The van der Waals surface area contributed by atoms with Crippen LogP contribution in [-0.2, 0) is 6.54 Å². The number of hydrogen-bond acceptors (Lipinski definition) is 2. The predicted octanol–water partition coefficient (Wildman–Crippen LogP) is 3.13. The number of nitrogens with one attached hydrogen (secondary N) is 1. The summed E-state index contributed by atoms with van der Waals surface area (Å²) in [7, 11) is 0. The van der Waals surface area contributed by atoms with E-state index in [0.29, 0.717) is 6.04 Å². The zero-order chi connectivity index (χ0) is 12.2. The molecule has 1 aromatic rings. The summed E-state index contributed by atoms with van der Waals surface area (Å²) < 4.78 is 2.07. The van der Waals surface area contributed by atoms with Crippen LogP contribution in [0.1, 0.15) is 59.2 Å². The van der Waals surface area contributed by atoms with Gasteiger partial charge in [0.2, 0.25) is 0 Å². The molecule has 0 spiro atoms. The first-order chi connectivity index (χ1) is 7.42. The van der Waals surface area contributed by atoms with Crippen LogP contribution in [0.15, 0.2) is 12.3 Å². The van der Waals surface area contributed by atoms with Crippen LogP contribution < -0.4 is 5.32 Å². The molecule has 0 fully saturated rings. The van der Waals surface area contributed by atoms with Crippen molar-refractivity contribution in [2.24, 2.45) is 0 Å². The molecule has 1 heterocycles. The van der Waals surface area contributed by atoms with Crippen LogP contribution in [0.4, 0.5) is 0 Å². The van der Waals surface area contributed by atoms with Crippen molar-refractivity contribution in [2.75, 3.05) is 0 Å². The lowest BCUT2D eigenvalue weighted by Gasteiger charge is -2.19. The van der Waals surface area contributed by atoms with E-state index in [9.17, 15) is 0 Å². The Morgan fingerprint density at radius 1 is 1.44 bits per heavy atom. The van der Waals surface area contributed by atoms with Crippen molar-refractivity contribution in [3.05, 3.63) is 18.0 Å². The van der Waals surface area contributed by atoms with Crippen molar-refractivity contribution in [1.82, 2.24) is 15.1 Å². The Labute approximate surface area is 99.2 Å². The van der Waals surface area contributed by atoms with Gasteiger partial charge in [-0.1, -0.05) is 13.3 Å². The molecule has 0 radical (unpaired) electrons. The minimum atomic E-state index is 0.152. The van der Waals surface area contributed by atoms with Gasteiger partial charge in [0, 0.05) is 24.3 Å². The van der Waals surface area contributed by atoms with Crippen LogP contribution in [0.25, 0.3) is 0 Å². The van der Waals surface area contributed by atoms with Gasteiger partial charge >= 0.3 is 0 Å². The van der Waals surface area contributed by atoms with Gasteiger partial charge < -0.3 is 5.32 Å². The lowest BCUT2D eigenvalue weighted by molar-refractivity contribution is 0.412. The highest BCUT2D eigenvalue weighted by Crippen LogP contribution is 2.12. The summed E-state index contributed by atoms with van der Waals surface area (Å²) in [5.74, 6) is 0. The van der Waals surface area contributed by atoms with Gasteiger partial charge in [-0.3, -0.25) is 4.68 Å². The SMILES string of the molecule is CCCC(C)n1ccc(CNC(C)(C)C)n1. The maximum absolute atomic E-state index is 4.59. The third-order valence-electron chi connectivity index (χ3n) is 2.62. The Bertz CT molecular complexity index is 309. The normalized spacial score (nSPS) is 14.1. The number of hydrogen-bond donors (Lipinski definition) is 1. The average molecular weight is 223 g/mol. The van der Waals surface area contributed by atoms with Gasteiger partial charge in [0.1, 0.15) is 0 Å². The lowest BCUT2D eigenvalue weighted by atomic mass is 10.1. The second-order valence-corrected chi connectivity index (χ2v) is 5.53. The summed E-state index contributed by atoms with van der Waals surface area (Å²) in [4.78, 5) is 0. The zero-order valence-corrected chi connectivity index (χ0v) is 11.2. The molecule has 1 rings (SSSR count). The zero-order valence-electron chi connectivity index (χ0n) is 11.2. The van der Waals surface area contributed by atoms with E-state index in [1.165, 1.54) is 12.8 Å². The molecule has 3 nitrogen and oxygen atoms in total. The summed E-state index contributed by atoms with van der Waals surface area (Å²) in [5, 5.41) is 8.03. The first-order valence-electron chi connectivity index (χ1n) is 6.21. The van der Waals surface area contributed by atoms with Crippen LogP contribution in [0.3, 0.4) is 0 Å². The molecule has 1 aromatic heterocycles. The van der Waals surface area contributed by atoms with E-state index in [1.807, 2.05) is 0 Å². The fourth-order valence-corrected chi connectivity index (χ4v) is 1.62. The van der Waals surface area contributed by atoms with Crippen LogP contribution in [-0.4, -0.2) is 15.3 Å². The van der Waals surface area contributed by atoms with Crippen LogP contribution in [0.2, 0.25) is 0 Å². The van der Waals surface area contributed by atoms with Crippen LogP contribution in [0.5, 0.6) is 0 Å². The highest BCUT2D eigenvalue weighted by molar-refractivity contribution is 5.00. The predicted molar refractivity (Wildman–Crippen MR) is 68.4 cm³/mol. The first-order valence-corrected chi connectivity index (χ1v) is 6.21. The molecule has 0 aliphatic heterocycles. The summed E-state index contributed by atoms with van der Waals surface area (Å²) >= 11 is 0. The monoisotopic (exact) mass is 223 g/mol. The van der Waals surface area contributed by atoms with E-state index in [4.69, 9.17) is 0 Å². The second kappa shape index (κ2) is 5.48. The Kier molecular flexibility index (Phi) is 4.54. The number of aromatic nitrogens is 2. The fourth-order valence-electron chi connectivity index (χ4n) is 1.62. The Morgan fingerprint density at radius 2 is 2.12 bits per heavy atom. The van der Waals surface area contributed by atoms with E-state index in [0.717, 1.165) is 12.2 Å². The number of nitrogens with zero attached hydrogens (tertiary/aromatic N) is 2. The highest BCUT2D eigenvalue weighted by atomic mass is 15.3. The van der Waals surface area contributed by atoms with E-state index >= 15 is 0 Å². The van der Waals surface area contributed by atoms with Gasteiger partial charge in [0.15, 0.2) is 0 Å². The van der Waals surface area contributed by atoms with Crippen molar-refractivity contribution in [1.29, 1.82) is 0 Å². The Morgan fingerprint density at radius 3 is 2.69 bits per heavy atom. The minimum absolute atomic E-state index is 0.152. The van der Waals surface area contributed by atoms with E-state index in [1.54, 1.807) is 0 Å². The topological polar surface area (TPSA) is 29.9 Å².